The van der Waals surface area contributed by atoms with Crippen LogP contribution in [0.15, 0.2) is 85.3 Å². The van der Waals surface area contributed by atoms with Gasteiger partial charge in [0.25, 0.3) is 5.91 Å². The molecule has 0 radical (unpaired) electrons. The van der Waals surface area contributed by atoms with Crippen molar-refractivity contribution in [3.8, 4) is 16.8 Å². The first kappa shape index (κ1) is 35.3. The Morgan fingerprint density at radius 1 is 0.938 bits per heavy atom. The smallest absolute Gasteiger partial charge is 0.328 e. The molecule has 0 saturated carbocycles. The van der Waals surface area contributed by atoms with Crippen LogP contribution in [-0.2, 0) is 27.9 Å². The minimum atomic E-state index is -1.26. The molecule has 5 rings (SSSR count). The van der Waals surface area contributed by atoms with Crippen LogP contribution in [0, 0.1) is 0 Å². The van der Waals surface area contributed by atoms with Gasteiger partial charge in [0.1, 0.15) is 0 Å². The molecule has 3 N–H and O–H groups in total. The average Bonchev–Trinajstić information content (AvgIpc) is 3.70. The van der Waals surface area contributed by atoms with Crippen molar-refractivity contribution >= 4 is 29.7 Å². The summed E-state index contributed by atoms with van der Waals surface area (Å²) in [5.74, 6) is -2.09. The molecular formula is C35H41N7O6. The molecule has 1 aliphatic rings. The van der Waals surface area contributed by atoms with E-state index in [1.165, 1.54) is 0 Å². The number of rotatable bonds is 11. The van der Waals surface area contributed by atoms with Gasteiger partial charge in [0, 0.05) is 74.0 Å². The van der Waals surface area contributed by atoms with E-state index in [1.807, 2.05) is 77.4 Å². The minimum Gasteiger partial charge on any atom is -0.478 e. The number of hydrogen-bond acceptors (Lipinski definition) is 7. The van der Waals surface area contributed by atoms with Crippen LogP contribution in [-0.4, -0.2) is 96.3 Å². The largest absolute Gasteiger partial charge is 0.478 e. The number of carboxylic acids is 2. The molecule has 2 amide bonds. The lowest BCUT2D eigenvalue weighted by molar-refractivity contribution is -0.134. The van der Waals surface area contributed by atoms with E-state index in [0.717, 1.165) is 48.4 Å². The first-order valence-corrected chi connectivity index (χ1v) is 15.6. The number of anilines is 1. The highest BCUT2D eigenvalue weighted by molar-refractivity contribution is 6.04. The van der Waals surface area contributed by atoms with E-state index >= 15 is 0 Å². The summed E-state index contributed by atoms with van der Waals surface area (Å²) >= 11 is 0. The van der Waals surface area contributed by atoms with Gasteiger partial charge in [-0.3, -0.25) is 24.2 Å². The standard InChI is InChI=1S/C31H37N7O2.C4H4O4/c1-35(2)27-15-17-37(18-16-27)29(39)14-8-11-26-22-38(28-12-5-4-6-13-28)31(33-26)34-30(40)24-10-7-9-23(19-24)25-20-32-36(3)21-25;5-3(6)1-2-4(7)8/h4-7,9-10,12-13,19-22,27H,8,11,14-18H2,1-3H3,(H,33,34,40);1-2H,(H,5,6)(H,7,8)/b;2-1+. The number of carbonyl (C=O) groups is 4. The Kier molecular flexibility index (Phi) is 12.4. The van der Waals surface area contributed by atoms with E-state index in [4.69, 9.17) is 15.2 Å². The highest BCUT2D eigenvalue weighted by Gasteiger charge is 2.23. The van der Waals surface area contributed by atoms with Crippen LogP contribution in [0.2, 0.25) is 0 Å². The first-order chi connectivity index (χ1) is 23.0. The molecular weight excluding hydrogens is 614 g/mol. The van der Waals surface area contributed by atoms with Crippen LogP contribution in [0.5, 0.6) is 0 Å². The van der Waals surface area contributed by atoms with Crippen LogP contribution < -0.4 is 5.32 Å². The number of nitrogens with zero attached hydrogens (tertiary/aromatic N) is 6. The summed E-state index contributed by atoms with van der Waals surface area (Å²) in [6.07, 6.45) is 10.7. The normalized spacial score (nSPS) is 13.3. The number of benzene rings is 2. The number of aromatic nitrogens is 4. The molecule has 252 valence electrons. The summed E-state index contributed by atoms with van der Waals surface area (Å²) in [5, 5.41) is 22.9. The van der Waals surface area contributed by atoms with Gasteiger partial charge in [-0.25, -0.2) is 14.6 Å². The van der Waals surface area contributed by atoms with Crippen molar-refractivity contribution in [1.29, 1.82) is 0 Å². The van der Waals surface area contributed by atoms with Crippen LogP contribution in [0.3, 0.4) is 0 Å². The predicted octanol–water partition coefficient (Wildman–Crippen LogP) is 4.11. The molecule has 3 heterocycles. The van der Waals surface area contributed by atoms with Gasteiger partial charge in [0.05, 0.1) is 11.9 Å². The van der Waals surface area contributed by atoms with Crippen molar-refractivity contribution in [2.45, 2.75) is 38.1 Å². The molecule has 1 saturated heterocycles. The first-order valence-electron chi connectivity index (χ1n) is 15.6. The van der Waals surface area contributed by atoms with E-state index < -0.39 is 11.9 Å². The zero-order valence-corrected chi connectivity index (χ0v) is 27.3. The second-order valence-corrected chi connectivity index (χ2v) is 11.6. The predicted molar refractivity (Wildman–Crippen MR) is 181 cm³/mol. The Hall–Kier alpha value is -5.56. The topological polar surface area (TPSA) is 163 Å². The van der Waals surface area contributed by atoms with Crippen molar-refractivity contribution in [3.05, 3.63) is 96.6 Å². The summed E-state index contributed by atoms with van der Waals surface area (Å²) < 4.78 is 3.63. The van der Waals surface area contributed by atoms with E-state index in [1.54, 1.807) is 16.9 Å². The number of carboxylic acid groups (broad SMARTS) is 2. The van der Waals surface area contributed by atoms with Crippen LogP contribution >= 0.6 is 0 Å². The fourth-order valence-electron chi connectivity index (χ4n) is 5.36. The number of carbonyl (C=O) groups excluding carboxylic acids is 2. The van der Waals surface area contributed by atoms with Crippen molar-refractivity contribution in [1.82, 2.24) is 29.1 Å². The number of para-hydroxylation sites is 1. The molecule has 1 fully saturated rings. The Balaban J connectivity index is 0.000000579. The zero-order chi connectivity index (χ0) is 34.6. The molecule has 0 spiro atoms. The quantitative estimate of drug-likeness (QED) is 0.202. The highest BCUT2D eigenvalue weighted by atomic mass is 16.4. The Morgan fingerprint density at radius 2 is 1.62 bits per heavy atom. The number of likely N-dealkylation sites (tertiary alicyclic amines) is 1. The molecule has 48 heavy (non-hydrogen) atoms. The molecule has 2 aromatic heterocycles. The maximum absolute atomic E-state index is 13.3. The van der Waals surface area contributed by atoms with E-state index in [-0.39, 0.29) is 11.8 Å². The molecule has 13 nitrogen and oxygen atoms in total. The molecule has 13 heteroatoms. The van der Waals surface area contributed by atoms with Gasteiger partial charge in [0.15, 0.2) is 0 Å². The van der Waals surface area contributed by atoms with Gasteiger partial charge in [-0.05, 0) is 69.6 Å². The summed E-state index contributed by atoms with van der Waals surface area (Å²) in [5.41, 5.74) is 4.14. The number of piperidine rings is 1. The summed E-state index contributed by atoms with van der Waals surface area (Å²) in [6.45, 7) is 1.64. The number of aryl methyl sites for hydroxylation is 2. The van der Waals surface area contributed by atoms with Gasteiger partial charge in [-0.15, -0.1) is 0 Å². The molecule has 0 atom stereocenters. The second-order valence-electron chi connectivity index (χ2n) is 11.6. The minimum absolute atomic E-state index is 0.210. The molecule has 1 aliphatic heterocycles. The lowest BCUT2D eigenvalue weighted by atomic mass is 10.0. The van der Waals surface area contributed by atoms with Crippen LogP contribution in [0.25, 0.3) is 16.8 Å². The Labute approximate surface area is 279 Å². The number of nitrogens with one attached hydrogen (secondary N) is 1. The lowest BCUT2D eigenvalue weighted by Gasteiger charge is -2.35. The molecule has 0 unspecified atom stereocenters. The maximum Gasteiger partial charge on any atom is 0.328 e. The van der Waals surface area contributed by atoms with E-state index in [2.05, 4.69) is 29.4 Å². The fourth-order valence-corrected chi connectivity index (χ4v) is 5.36. The number of amides is 2. The van der Waals surface area contributed by atoms with E-state index in [0.29, 0.717) is 49.0 Å². The number of aliphatic carboxylic acids is 2. The molecule has 4 aromatic rings. The van der Waals surface area contributed by atoms with Gasteiger partial charge >= 0.3 is 11.9 Å². The summed E-state index contributed by atoms with van der Waals surface area (Å²) in [6, 6.07) is 17.8. The third kappa shape index (κ3) is 10.2. The summed E-state index contributed by atoms with van der Waals surface area (Å²) in [4.78, 5) is 54.2. The SMILES string of the molecule is CN(C)C1CCN(C(=O)CCCc2cn(-c3ccccc3)c(NC(=O)c3cccc(-c4cnn(C)c4)c3)n2)CC1.O=C(O)/C=C/C(=O)O. The third-order valence-corrected chi connectivity index (χ3v) is 7.92. The number of imidazole rings is 1. The van der Waals surface area contributed by atoms with Crippen molar-refractivity contribution in [2.75, 3.05) is 32.5 Å². The second kappa shape index (κ2) is 16.8. The number of hydrogen-bond donors (Lipinski definition) is 3. The fraction of sp³-hybridized carbons (Fsp3) is 0.314. The van der Waals surface area contributed by atoms with Crippen molar-refractivity contribution < 1.29 is 29.4 Å². The van der Waals surface area contributed by atoms with Crippen molar-refractivity contribution in [3.63, 3.8) is 0 Å². The zero-order valence-electron chi connectivity index (χ0n) is 27.3. The van der Waals surface area contributed by atoms with Crippen LogP contribution in [0.1, 0.15) is 41.7 Å². The average molecular weight is 656 g/mol. The van der Waals surface area contributed by atoms with Gasteiger partial charge in [0.2, 0.25) is 11.9 Å². The highest BCUT2D eigenvalue weighted by Crippen LogP contribution is 2.23. The Bertz CT molecular complexity index is 1720. The monoisotopic (exact) mass is 655 g/mol. The molecule has 0 aliphatic carbocycles. The molecule has 0 bridgehead atoms. The van der Waals surface area contributed by atoms with Gasteiger partial charge < -0.3 is 20.0 Å². The van der Waals surface area contributed by atoms with E-state index in [9.17, 15) is 19.2 Å². The summed E-state index contributed by atoms with van der Waals surface area (Å²) in [7, 11) is 6.07. The van der Waals surface area contributed by atoms with Crippen molar-refractivity contribution in [2.24, 2.45) is 7.05 Å². The van der Waals surface area contributed by atoms with Gasteiger partial charge in [-0.1, -0.05) is 30.3 Å². The van der Waals surface area contributed by atoms with Gasteiger partial charge in [-0.2, -0.15) is 5.10 Å². The molecule has 2 aromatic carbocycles. The van der Waals surface area contributed by atoms with Crippen LogP contribution in [0.4, 0.5) is 5.95 Å². The Morgan fingerprint density at radius 3 is 2.23 bits per heavy atom. The lowest BCUT2D eigenvalue weighted by Crippen LogP contribution is -2.44. The third-order valence-electron chi connectivity index (χ3n) is 7.92. The maximum atomic E-state index is 13.3.